The van der Waals surface area contributed by atoms with Crippen molar-refractivity contribution < 1.29 is 4.74 Å². The largest absolute Gasteiger partial charge is 0.467 e. The molecule has 1 saturated heterocycles. The highest BCUT2D eigenvalue weighted by molar-refractivity contribution is 9.10. The van der Waals surface area contributed by atoms with Crippen LogP contribution in [0.2, 0.25) is 0 Å². The van der Waals surface area contributed by atoms with Crippen LogP contribution in [0.15, 0.2) is 16.6 Å². The third kappa shape index (κ3) is 2.55. The number of hydrogen-bond donors (Lipinski definition) is 1. The summed E-state index contributed by atoms with van der Waals surface area (Å²) in [6.07, 6.45) is 0.906. The van der Waals surface area contributed by atoms with Gasteiger partial charge >= 0.3 is 0 Å². The first-order valence-electron chi connectivity index (χ1n) is 7.37. The third-order valence-electron chi connectivity index (χ3n) is 4.16. The van der Waals surface area contributed by atoms with Gasteiger partial charge in [0.05, 0.1) is 10.5 Å². The Balaban J connectivity index is 2.05. The minimum atomic E-state index is -0.373. The molecule has 0 saturated carbocycles. The molecule has 3 rings (SSSR count). The summed E-state index contributed by atoms with van der Waals surface area (Å²) in [5.74, 6) is 1.48. The summed E-state index contributed by atoms with van der Waals surface area (Å²) in [7, 11) is 0. The van der Waals surface area contributed by atoms with Crippen molar-refractivity contribution in [2.45, 2.75) is 45.9 Å². The molecular weight excluding hydrogens is 348 g/mol. The van der Waals surface area contributed by atoms with Crippen LogP contribution in [-0.2, 0) is 0 Å². The maximum atomic E-state index is 6.41. The van der Waals surface area contributed by atoms with E-state index in [-0.39, 0.29) is 11.8 Å². The Hall–Kier alpha value is -0.810. The third-order valence-corrected chi connectivity index (χ3v) is 5.09. The highest BCUT2D eigenvalue weighted by atomic mass is 79.9. The van der Waals surface area contributed by atoms with E-state index in [1.807, 2.05) is 0 Å². The van der Waals surface area contributed by atoms with Gasteiger partial charge in [-0.2, -0.15) is 0 Å². The average Bonchev–Trinajstić information content (AvgIpc) is 2.36. The Kier molecular flexibility index (Phi) is 3.69. The standard InChI is InChI=1S/C16H21BrN2OS/c1-9(2)8-19-15(21)18-13-7-16(19,4)20-14-11(13)5-10(3)6-12(14)17/h5-6,9,13H,7-8H2,1-4H3,(H,18,21). The van der Waals surface area contributed by atoms with Crippen molar-refractivity contribution in [2.75, 3.05) is 6.54 Å². The molecule has 114 valence electrons. The number of halogens is 1. The Bertz CT molecular complexity index is 604. The lowest BCUT2D eigenvalue weighted by Crippen LogP contribution is -2.65. The van der Waals surface area contributed by atoms with Gasteiger partial charge in [0.2, 0.25) is 0 Å². The first-order chi connectivity index (χ1) is 9.80. The molecule has 5 heteroatoms. The van der Waals surface area contributed by atoms with Crippen molar-refractivity contribution >= 4 is 33.3 Å². The first kappa shape index (κ1) is 15.1. The van der Waals surface area contributed by atoms with Crippen LogP contribution in [0, 0.1) is 12.8 Å². The SMILES string of the molecule is Cc1cc(Br)c2c(c1)C1CC(C)(O2)N(CC(C)C)C(=S)N1. The van der Waals surface area contributed by atoms with Crippen molar-refractivity contribution in [2.24, 2.45) is 5.92 Å². The van der Waals surface area contributed by atoms with Crippen molar-refractivity contribution in [3.05, 3.63) is 27.7 Å². The van der Waals surface area contributed by atoms with Gasteiger partial charge in [-0.25, -0.2) is 0 Å². The molecule has 0 aromatic heterocycles. The van der Waals surface area contributed by atoms with E-state index in [4.69, 9.17) is 17.0 Å². The molecule has 0 radical (unpaired) electrons. The van der Waals surface area contributed by atoms with Gasteiger partial charge in [0.1, 0.15) is 5.75 Å². The predicted octanol–water partition coefficient (Wildman–Crippen LogP) is 4.14. The second-order valence-corrected chi connectivity index (χ2v) is 7.89. The molecule has 2 unspecified atom stereocenters. The number of benzene rings is 1. The Morgan fingerprint density at radius 3 is 2.90 bits per heavy atom. The lowest BCUT2D eigenvalue weighted by atomic mass is 9.89. The zero-order valence-corrected chi connectivity index (χ0v) is 15.3. The monoisotopic (exact) mass is 368 g/mol. The van der Waals surface area contributed by atoms with Crippen LogP contribution in [0.4, 0.5) is 0 Å². The molecule has 3 nitrogen and oxygen atoms in total. The lowest BCUT2D eigenvalue weighted by molar-refractivity contribution is -0.0727. The molecule has 2 heterocycles. The zero-order chi connectivity index (χ0) is 15.4. The van der Waals surface area contributed by atoms with Crippen LogP contribution in [0.5, 0.6) is 5.75 Å². The summed E-state index contributed by atoms with van der Waals surface area (Å²) in [5, 5.41) is 4.29. The average molecular weight is 369 g/mol. The van der Waals surface area contributed by atoms with Crippen LogP contribution in [0.25, 0.3) is 0 Å². The Morgan fingerprint density at radius 2 is 2.24 bits per heavy atom. The smallest absolute Gasteiger partial charge is 0.184 e. The lowest BCUT2D eigenvalue weighted by Gasteiger charge is -2.53. The van der Waals surface area contributed by atoms with Crippen LogP contribution in [0.3, 0.4) is 0 Å². The van der Waals surface area contributed by atoms with E-state index in [1.165, 1.54) is 11.1 Å². The molecule has 0 amide bonds. The van der Waals surface area contributed by atoms with Gasteiger partial charge in [-0.1, -0.05) is 19.9 Å². The number of thiocarbonyl (C=S) groups is 1. The normalized spacial score (nSPS) is 27.2. The molecule has 2 aliphatic rings. The fraction of sp³-hybridized carbons (Fsp3) is 0.562. The molecule has 0 spiro atoms. The number of hydrogen-bond acceptors (Lipinski definition) is 2. The van der Waals surface area contributed by atoms with Crippen LogP contribution >= 0.6 is 28.1 Å². The summed E-state index contributed by atoms with van der Waals surface area (Å²) in [5.41, 5.74) is 2.05. The maximum absolute atomic E-state index is 6.41. The summed E-state index contributed by atoms with van der Waals surface area (Å²) in [6.45, 7) is 9.55. The topological polar surface area (TPSA) is 24.5 Å². The van der Waals surface area contributed by atoms with E-state index < -0.39 is 0 Å². The zero-order valence-electron chi connectivity index (χ0n) is 12.9. The van der Waals surface area contributed by atoms with E-state index in [9.17, 15) is 0 Å². The van der Waals surface area contributed by atoms with Crippen molar-refractivity contribution in [3.8, 4) is 5.75 Å². The summed E-state index contributed by atoms with van der Waals surface area (Å²) >= 11 is 9.24. The summed E-state index contributed by atoms with van der Waals surface area (Å²) in [6, 6.07) is 4.53. The van der Waals surface area contributed by atoms with Gasteiger partial charge in [0.25, 0.3) is 0 Å². The Labute approximate surface area is 140 Å². The van der Waals surface area contributed by atoms with Crippen molar-refractivity contribution in [3.63, 3.8) is 0 Å². The van der Waals surface area contributed by atoms with Gasteiger partial charge in [-0.05, 0) is 59.5 Å². The summed E-state index contributed by atoms with van der Waals surface area (Å²) in [4.78, 5) is 2.19. The van der Waals surface area contributed by atoms with Gasteiger partial charge in [-0.3, -0.25) is 0 Å². The molecule has 1 N–H and O–H groups in total. The number of aryl methyl sites for hydroxylation is 1. The fourth-order valence-corrected chi connectivity index (χ4v) is 4.33. The molecule has 21 heavy (non-hydrogen) atoms. The van der Waals surface area contributed by atoms with E-state index in [0.29, 0.717) is 5.92 Å². The van der Waals surface area contributed by atoms with E-state index >= 15 is 0 Å². The molecule has 2 aliphatic heterocycles. The summed E-state index contributed by atoms with van der Waals surface area (Å²) < 4.78 is 7.43. The maximum Gasteiger partial charge on any atom is 0.184 e. The van der Waals surface area contributed by atoms with Crippen molar-refractivity contribution in [1.29, 1.82) is 0 Å². The number of ether oxygens (including phenoxy) is 1. The first-order valence-corrected chi connectivity index (χ1v) is 8.57. The molecular formula is C16H21BrN2OS. The number of nitrogens with zero attached hydrogens (tertiary/aromatic N) is 1. The second kappa shape index (κ2) is 5.13. The van der Waals surface area contributed by atoms with Crippen LogP contribution in [0.1, 0.15) is 44.4 Å². The molecule has 1 fully saturated rings. The molecule has 0 aliphatic carbocycles. The van der Waals surface area contributed by atoms with Crippen molar-refractivity contribution in [1.82, 2.24) is 10.2 Å². The van der Waals surface area contributed by atoms with Gasteiger partial charge in [0.15, 0.2) is 10.8 Å². The van der Waals surface area contributed by atoms with Gasteiger partial charge in [0, 0.05) is 18.5 Å². The van der Waals surface area contributed by atoms with E-state index in [1.54, 1.807) is 0 Å². The molecule has 1 aromatic rings. The highest BCUT2D eigenvalue weighted by Gasteiger charge is 2.48. The Morgan fingerprint density at radius 1 is 1.52 bits per heavy atom. The highest BCUT2D eigenvalue weighted by Crippen LogP contribution is 2.47. The van der Waals surface area contributed by atoms with Crippen LogP contribution in [-0.4, -0.2) is 22.3 Å². The minimum absolute atomic E-state index is 0.228. The predicted molar refractivity (Wildman–Crippen MR) is 92.5 cm³/mol. The number of nitrogens with one attached hydrogen (secondary N) is 1. The minimum Gasteiger partial charge on any atom is -0.467 e. The molecule has 2 atom stereocenters. The number of rotatable bonds is 2. The molecule has 2 bridgehead atoms. The second-order valence-electron chi connectivity index (χ2n) is 6.65. The van der Waals surface area contributed by atoms with Crippen LogP contribution < -0.4 is 10.1 Å². The van der Waals surface area contributed by atoms with Gasteiger partial charge < -0.3 is 15.0 Å². The molecule has 1 aromatic carbocycles. The fourth-order valence-electron chi connectivity index (χ4n) is 3.25. The quantitative estimate of drug-likeness (QED) is 0.792. The number of fused-ring (bicyclic) bond motifs is 4. The van der Waals surface area contributed by atoms with E-state index in [0.717, 1.165) is 28.3 Å². The van der Waals surface area contributed by atoms with Gasteiger partial charge in [-0.15, -0.1) is 0 Å². The van der Waals surface area contributed by atoms with E-state index in [2.05, 4.69) is 66.0 Å².